The van der Waals surface area contributed by atoms with Crippen molar-refractivity contribution in [1.29, 1.82) is 0 Å². The summed E-state index contributed by atoms with van der Waals surface area (Å²) in [6.45, 7) is 11.3. The Morgan fingerprint density at radius 3 is 1.86 bits per heavy atom. The lowest BCUT2D eigenvalue weighted by Gasteiger charge is -2.16. The van der Waals surface area contributed by atoms with Crippen LogP contribution in [0.3, 0.4) is 0 Å². The van der Waals surface area contributed by atoms with Crippen LogP contribution in [-0.4, -0.2) is 0 Å². The Morgan fingerprint density at radius 2 is 1.43 bits per heavy atom. The van der Waals surface area contributed by atoms with Crippen molar-refractivity contribution >= 4 is 0 Å². The smallest absolute Gasteiger partial charge is 0.0302 e. The maximum atomic E-state index is 2.37. The molecule has 78 valence electrons. The van der Waals surface area contributed by atoms with Gasteiger partial charge in [-0.05, 0) is 60.9 Å². The van der Waals surface area contributed by atoms with Gasteiger partial charge in [-0.3, -0.25) is 0 Å². The van der Waals surface area contributed by atoms with Crippen molar-refractivity contribution in [2.24, 2.45) is 0 Å². The second-order valence-corrected chi connectivity index (χ2v) is 4.00. The minimum absolute atomic E-state index is 1.16. The van der Waals surface area contributed by atoms with Gasteiger partial charge in [-0.25, -0.2) is 0 Å². The van der Waals surface area contributed by atoms with Crippen LogP contribution in [0, 0.1) is 13.8 Å². The summed E-state index contributed by atoms with van der Waals surface area (Å²) in [5.41, 5.74) is 7.69. The molecule has 0 saturated heterocycles. The van der Waals surface area contributed by atoms with Crippen LogP contribution in [0.15, 0.2) is 6.07 Å². The molecule has 0 bridgehead atoms. The molecule has 0 aliphatic heterocycles. The monoisotopic (exact) mass is 190 g/mol. The fourth-order valence-corrected chi connectivity index (χ4v) is 2.35. The number of benzene rings is 1. The van der Waals surface area contributed by atoms with E-state index in [2.05, 4.69) is 40.7 Å². The fraction of sp³-hybridized carbons (Fsp3) is 0.571. The molecule has 0 aromatic heterocycles. The quantitative estimate of drug-likeness (QED) is 0.676. The van der Waals surface area contributed by atoms with Gasteiger partial charge < -0.3 is 0 Å². The Kier molecular flexibility index (Phi) is 3.74. The van der Waals surface area contributed by atoms with Crippen molar-refractivity contribution < 1.29 is 0 Å². The summed E-state index contributed by atoms with van der Waals surface area (Å²) in [6, 6.07) is 2.37. The van der Waals surface area contributed by atoms with E-state index in [-0.39, 0.29) is 0 Å². The molecular weight excluding hydrogens is 168 g/mol. The van der Waals surface area contributed by atoms with Gasteiger partial charge >= 0.3 is 0 Å². The Hall–Kier alpha value is -0.780. The molecule has 0 unspecified atom stereocenters. The molecule has 0 saturated carbocycles. The van der Waals surface area contributed by atoms with Crippen LogP contribution < -0.4 is 0 Å². The average Bonchev–Trinajstić information content (AvgIpc) is 2.20. The molecule has 0 radical (unpaired) electrons. The predicted molar refractivity (Wildman–Crippen MR) is 64.1 cm³/mol. The lowest BCUT2D eigenvalue weighted by Crippen LogP contribution is -2.02. The molecule has 0 heterocycles. The van der Waals surface area contributed by atoms with Crippen LogP contribution in [0.5, 0.6) is 0 Å². The molecule has 1 aromatic rings. The summed E-state index contributed by atoms with van der Waals surface area (Å²) in [5.74, 6) is 0. The van der Waals surface area contributed by atoms with E-state index >= 15 is 0 Å². The highest BCUT2D eigenvalue weighted by molar-refractivity contribution is 5.45. The van der Waals surface area contributed by atoms with Crippen LogP contribution in [0.1, 0.15) is 48.6 Å². The lowest BCUT2D eigenvalue weighted by molar-refractivity contribution is 0.959. The standard InChI is InChI=1S/C14H22/c1-6-12-9-10(4)11(5)13(7-2)14(12)8-3/h9H,6-8H2,1-5H3. The molecule has 0 amide bonds. The maximum absolute atomic E-state index is 2.37. The molecule has 0 atom stereocenters. The largest absolute Gasteiger partial charge is 0.0613 e. The van der Waals surface area contributed by atoms with Gasteiger partial charge in [0, 0.05) is 0 Å². The van der Waals surface area contributed by atoms with Gasteiger partial charge in [-0.15, -0.1) is 0 Å². The SMILES string of the molecule is CCc1cc(C)c(C)c(CC)c1CC. The van der Waals surface area contributed by atoms with E-state index < -0.39 is 0 Å². The first-order valence-electron chi connectivity index (χ1n) is 5.76. The molecule has 0 aliphatic rings. The van der Waals surface area contributed by atoms with Crippen molar-refractivity contribution in [3.8, 4) is 0 Å². The van der Waals surface area contributed by atoms with E-state index in [1.165, 1.54) is 24.0 Å². The molecule has 0 aliphatic carbocycles. The van der Waals surface area contributed by atoms with Gasteiger partial charge in [0.15, 0.2) is 0 Å². The van der Waals surface area contributed by atoms with Gasteiger partial charge in [-0.1, -0.05) is 26.8 Å². The normalized spacial score (nSPS) is 10.6. The summed E-state index contributed by atoms with van der Waals surface area (Å²) < 4.78 is 0. The molecule has 14 heavy (non-hydrogen) atoms. The zero-order valence-electron chi connectivity index (χ0n) is 10.2. The first kappa shape index (κ1) is 11.3. The summed E-state index contributed by atoms with van der Waals surface area (Å²) in [7, 11) is 0. The van der Waals surface area contributed by atoms with Crippen molar-refractivity contribution in [3.63, 3.8) is 0 Å². The van der Waals surface area contributed by atoms with Crippen LogP contribution in [-0.2, 0) is 19.3 Å². The third kappa shape index (κ3) is 1.84. The second-order valence-electron chi connectivity index (χ2n) is 4.00. The Bertz CT molecular complexity index is 321. The van der Waals surface area contributed by atoms with Gasteiger partial charge in [0.25, 0.3) is 0 Å². The number of rotatable bonds is 3. The summed E-state index contributed by atoms with van der Waals surface area (Å²) in [5, 5.41) is 0. The van der Waals surface area contributed by atoms with Crippen molar-refractivity contribution in [2.45, 2.75) is 53.9 Å². The summed E-state index contributed by atoms with van der Waals surface area (Å²) in [4.78, 5) is 0. The zero-order chi connectivity index (χ0) is 10.7. The first-order chi connectivity index (χ1) is 6.65. The van der Waals surface area contributed by atoms with Crippen LogP contribution in [0.4, 0.5) is 0 Å². The lowest BCUT2D eigenvalue weighted by atomic mass is 9.89. The molecule has 0 N–H and O–H groups in total. The van der Waals surface area contributed by atoms with E-state index in [0.717, 1.165) is 6.42 Å². The summed E-state index contributed by atoms with van der Waals surface area (Å²) in [6.07, 6.45) is 3.51. The molecule has 0 heteroatoms. The number of hydrogen-bond donors (Lipinski definition) is 0. The van der Waals surface area contributed by atoms with E-state index in [1.54, 1.807) is 16.7 Å². The van der Waals surface area contributed by atoms with Gasteiger partial charge in [0.05, 0.1) is 0 Å². The highest BCUT2D eigenvalue weighted by Crippen LogP contribution is 2.24. The second kappa shape index (κ2) is 4.63. The molecule has 1 aromatic carbocycles. The molecule has 1 rings (SSSR count). The Morgan fingerprint density at radius 1 is 0.857 bits per heavy atom. The molecule has 0 spiro atoms. The number of aryl methyl sites for hydroxylation is 2. The first-order valence-corrected chi connectivity index (χ1v) is 5.76. The van der Waals surface area contributed by atoms with E-state index in [0.29, 0.717) is 0 Å². The van der Waals surface area contributed by atoms with Crippen LogP contribution in [0.25, 0.3) is 0 Å². The average molecular weight is 190 g/mol. The Balaban J connectivity index is 3.42. The van der Waals surface area contributed by atoms with Crippen LogP contribution >= 0.6 is 0 Å². The van der Waals surface area contributed by atoms with Gasteiger partial charge in [-0.2, -0.15) is 0 Å². The Labute approximate surface area is 88.4 Å². The van der Waals surface area contributed by atoms with Crippen molar-refractivity contribution in [3.05, 3.63) is 33.9 Å². The third-order valence-corrected chi connectivity index (χ3v) is 3.27. The van der Waals surface area contributed by atoms with Crippen molar-refractivity contribution in [1.82, 2.24) is 0 Å². The maximum Gasteiger partial charge on any atom is -0.0302 e. The van der Waals surface area contributed by atoms with Gasteiger partial charge in [0.2, 0.25) is 0 Å². The molecule has 0 fully saturated rings. The highest BCUT2D eigenvalue weighted by atomic mass is 14.1. The molecule has 0 nitrogen and oxygen atoms in total. The van der Waals surface area contributed by atoms with E-state index in [9.17, 15) is 0 Å². The fourth-order valence-electron chi connectivity index (χ4n) is 2.35. The van der Waals surface area contributed by atoms with Gasteiger partial charge in [0.1, 0.15) is 0 Å². The summed E-state index contributed by atoms with van der Waals surface area (Å²) >= 11 is 0. The van der Waals surface area contributed by atoms with E-state index in [1.807, 2.05) is 0 Å². The van der Waals surface area contributed by atoms with Crippen molar-refractivity contribution in [2.75, 3.05) is 0 Å². The minimum Gasteiger partial charge on any atom is -0.0613 e. The number of hydrogen-bond acceptors (Lipinski definition) is 0. The van der Waals surface area contributed by atoms with E-state index in [4.69, 9.17) is 0 Å². The third-order valence-electron chi connectivity index (χ3n) is 3.27. The molecular formula is C14H22. The highest BCUT2D eigenvalue weighted by Gasteiger charge is 2.09. The van der Waals surface area contributed by atoms with Crippen LogP contribution in [0.2, 0.25) is 0 Å². The minimum atomic E-state index is 1.16. The zero-order valence-corrected chi connectivity index (χ0v) is 10.2. The topological polar surface area (TPSA) is 0 Å². The predicted octanol–water partition coefficient (Wildman–Crippen LogP) is 3.99.